The summed E-state index contributed by atoms with van der Waals surface area (Å²) in [5.74, 6) is 0.198. The van der Waals surface area contributed by atoms with Crippen LogP contribution in [-0.4, -0.2) is 20.4 Å². The van der Waals surface area contributed by atoms with Gasteiger partial charge in [-0.2, -0.15) is 0 Å². The molecule has 2 aromatic rings. The Morgan fingerprint density at radius 3 is 2.62 bits per heavy atom. The van der Waals surface area contributed by atoms with Gasteiger partial charge in [-0.25, -0.2) is 8.42 Å². The third kappa shape index (κ3) is 2.80. The molecule has 0 amide bonds. The van der Waals surface area contributed by atoms with Gasteiger partial charge < -0.3 is 5.32 Å². The van der Waals surface area contributed by atoms with E-state index in [0.29, 0.717) is 11.3 Å². The third-order valence-corrected chi connectivity index (χ3v) is 6.35. The molecule has 0 aliphatic carbocycles. The zero-order chi connectivity index (χ0) is 14.9. The minimum atomic E-state index is -3.13. The summed E-state index contributed by atoms with van der Waals surface area (Å²) in [4.78, 5) is 1.64. The standard InChI is InChI=1S/C16H17NO2S2/c1-20-15-8-4-3-7-14(15)17-13-10-11-21(18,19)16-9-5-2-6-12(13)16/h2-9,13,17H,10-11H2,1H3. The van der Waals surface area contributed by atoms with Gasteiger partial charge in [0.1, 0.15) is 0 Å². The van der Waals surface area contributed by atoms with Gasteiger partial charge >= 0.3 is 0 Å². The fraction of sp³-hybridized carbons (Fsp3) is 0.250. The Morgan fingerprint density at radius 1 is 1.10 bits per heavy atom. The molecule has 3 rings (SSSR count). The number of fused-ring (bicyclic) bond motifs is 1. The molecule has 1 aliphatic heterocycles. The molecule has 0 fully saturated rings. The molecule has 110 valence electrons. The number of thioether (sulfide) groups is 1. The second kappa shape index (κ2) is 5.73. The van der Waals surface area contributed by atoms with Gasteiger partial charge in [-0.3, -0.25) is 0 Å². The van der Waals surface area contributed by atoms with Crippen LogP contribution in [0.1, 0.15) is 18.0 Å². The average Bonchev–Trinajstić information content (AvgIpc) is 2.51. The van der Waals surface area contributed by atoms with Crippen LogP contribution in [-0.2, 0) is 9.84 Å². The summed E-state index contributed by atoms with van der Waals surface area (Å²) in [6.07, 6.45) is 2.64. The summed E-state index contributed by atoms with van der Waals surface area (Å²) in [5.41, 5.74) is 1.93. The summed E-state index contributed by atoms with van der Waals surface area (Å²) < 4.78 is 24.3. The summed E-state index contributed by atoms with van der Waals surface area (Å²) >= 11 is 1.68. The normalized spacial score (nSPS) is 19.8. The van der Waals surface area contributed by atoms with Crippen molar-refractivity contribution in [1.82, 2.24) is 0 Å². The van der Waals surface area contributed by atoms with Gasteiger partial charge in [0.2, 0.25) is 0 Å². The molecular weight excluding hydrogens is 302 g/mol. The van der Waals surface area contributed by atoms with Gasteiger partial charge in [0.25, 0.3) is 0 Å². The average molecular weight is 319 g/mol. The van der Waals surface area contributed by atoms with Crippen molar-refractivity contribution in [1.29, 1.82) is 0 Å². The minimum absolute atomic E-state index is 0.0398. The van der Waals surface area contributed by atoms with Crippen molar-refractivity contribution in [2.45, 2.75) is 22.3 Å². The first-order valence-corrected chi connectivity index (χ1v) is 9.71. The van der Waals surface area contributed by atoms with Gasteiger partial charge in [-0.15, -0.1) is 11.8 Å². The molecule has 21 heavy (non-hydrogen) atoms. The number of anilines is 1. The van der Waals surface area contributed by atoms with Crippen LogP contribution < -0.4 is 5.32 Å². The Labute approximate surface area is 129 Å². The number of hydrogen-bond donors (Lipinski definition) is 1. The van der Waals surface area contributed by atoms with Crippen molar-refractivity contribution in [2.75, 3.05) is 17.3 Å². The number of benzene rings is 2. The largest absolute Gasteiger partial charge is 0.377 e. The van der Waals surface area contributed by atoms with Gasteiger partial charge in [0.15, 0.2) is 9.84 Å². The van der Waals surface area contributed by atoms with Crippen molar-refractivity contribution < 1.29 is 8.42 Å². The topological polar surface area (TPSA) is 46.2 Å². The van der Waals surface area contributed by atoms with Crippen LogP contribution in [0.4, 0.5) is 5.69 Å². The van der Waals surface area contributed by atoms with Crippen molar-refractivity contribution in [3.05, 3.63) is 54.1 Å². The lowest BCUT2D eigenvalue weighted by molar-refractivity contribution is 0.576. The van der Waals surface area contributed by atoms with Crippen molar-refractivity contribution >= 4 is 27.3 Å². The lowest BCUT2D eigenvalue weighted by atomic mass is 10.0. The summed E-state index contributed by atoms with van der Waals surface area (Å²) in [6, 6.07) is 15.5. The zero-order valence-electron chi connectivity index (χ0n) is 11.7. The van der Waals surface area contributed by atoms with E-state index in [4.69, 9.17) is 0 Å². The number of rotatable bonds is 3. The first-order chi connectivity index (χ1) is 10.1. The van der Waals surface area contributed by atoms with Gasteiger partial charge in [0.05, 0.1) is 16.7 Å². The smallest absolute Gasteiger partial charge is 0.178 e. The lowest BCUT2D eigenvalue weighted by Gasteiger charge is -2.27. The van der Waals surface area contributed by atoms with Gasteiger partial charge in [0, 0.05) is 10.6 Å². The summed E-state index contributed by atoms with van der Waals surface area (Å²) in [5, 5.41) is 3.51. The molecule has 1 unspecified atom stereocenters. The third-order valence-electron chi connectivity index (χ3n) is 3.74. The number of sulfone groups is 1. The van der Waals surface area contributed by atoms with E-state index < -0.39 is 9.84 Å². The molecular formula is C16H17NO2S2. The van der Waals surface area contributed by atoms with Crippen LogP contribution in [0.15, 0.2) is 58.3 Å². The SMILES string of the molecule is CSc1ccccc1NC1CCS(=O)(=O)c2ccccc21. The predicted octanol–water partition coefficient (Wildman–Crippen LogP) is 3.74. The fourth-order valence-corrected chi connectivity index (χ4v) is 4.87. The molecule has 0 aromatic heterocycles. The zero-order valence-corrected chi connectivity index (χ0v) is 13.4. The van der Waals surface area contributed by atoms with Crippen LogP contribution in [0, 0.1) is 0 Å². The Bertz CT molecular complexity index is 756. The summed E-state index contributed by atoms with van der Waals surface area (Å²) in [6.45, 7) is 0. The van der Waals surface area contributed by atoms with Gasteiger partial charge in [-0.05, 0) is 36.4 Å². The second-order valence-electron chi connectivity index (χ2n) is 5.04. The van der Waals surface area contributed by atoms with E-state index in [1.807, 2.05) is 36.6 Å². The van der Waals surface area contributed by atoms with Gasteiger partial charge in [-0.1, -0.05) is 30.3 Å². The maximum Gasteiger partial charge on any atom is 0.178 e. The highest BCUT2D eigenvalue weighted by atomic mass is 32.2. The molecule has 1 aliphatic rings. The maximum atomic E-state index is 12.2. The van der Waals surface area contributed by atoms with Crippen LogP contribution in [0.5, 0.6) is 0 Å². The van der Waals surface area contributed by atoms with Crippen LogP contribution >= 0.6 is 11.8 Å². The highest BCUT2D eigenvalue weighted by Gasteiger charge is 2.29. The molecule has 0 saturated carbocycles. The molecule has 2 aromatic carbocycles. The van der Waals surface area contributed by atoms with E-state index in [1.165, 1.54) is 4.90 Å². The van der Waals surface area contributed by atoms with E-state index in [2.05, 4.69) is 11.4 Å². The predicted molar refractivity (Wildman–Crippen MR) is 87.7 cm³/mol. The number of nitrogens with one attached hydrogen (secondary N) is 1. The molecule has 3 nitrogen and oxygen atoms in total. The quantitative estimate of drug-likeness (QED) is 0.876. The Kier molecular flexibility index (Phi) is 3.95. The lowest BCUT2D eigenvalue weighted by Crippen LogP contribution is -2.24. The molecule has 0 spiro atoms. The van der Waals surface area contributed by atoms with Crippen LogP contribution in [0.2, 0.25) is 0 Å². The second-order valence-corrected chi connectivity index (χ2v) is 7.97. The molecule has 0 radical (unpaired) electrons. The maximum absolute atomic E-state index is 12.2. The highest BCUT2D eigenvalue weighted by molar-refractivity contribution is 7.98. The molecule has 5 heteroatoms. The summed E-state index contributed by atoms with van der Waals surface area (Å²) in [7, 11) is -3.13. The van der Waals surface area contributed by atoms with E-state index >= 15 is 0 Å². The van der Waals surface area contributed by atoms with E-state index in [1.54, 1.807) is 23.9 Å². The molecule has 0 saturated heterocycles. The fourth-order valence-electron chi connectivity index (χ4n) is 2.69. The van der Waals surface area contributed by atoms with E-state index in [-0.39, 0.29) is 11.8 Å². The Hall–Kier alpha value is -1.46. The first kappa shape index (κ1) is 14.5. The van der Waals surface area contributed by atoms with E-state index in [0.717, 1.165) is 11.3 Å². The van der Waals surface area contributed by atoms with E-state index in [9.17, 15) is 8.42 Å². The highest BCUT2D eigenvalue weighted by Crippen LogP contribution is 2.36. The minimum Gasteiger partial charge on any atom is -0.377 e. The van der Waals surface area contributed by atoms with Crippen LogP contribution in [0.25, 0.3) is 0 Å². The monoisotopic (exact) mass is 319 g/mol. The van der Waals surface area contributed by atoms with Crippen molar-refractivity contribution in [2.24, 2.45) is 0 Å². The Morgan fingerprint density at radius 2 is 1.81 bits per heavy atom. The van der Waals surface area contributed by atoms with Crippen molar-refractivity contribution in [3.63, 3.8) is 0 Å². The molecule has 1 N–H and O–H groups in total. The molecule has 1 atom stereocenters. The molecule has 1 heterocycles. The number of hydrogen-bond acceptors (Lipinski definition) is 4. The molecule has 0 bridgehead atoms. The van der Waals surface area contributed by atoms with Crippen molar-refractivity contribution in [3.8, 4) is 0 Å². The van der Waals surface area contributed by atoms with Crippen LogP contribution in [0.3, 0.4) is 0 Å². The first-order valence-electron chi connectivity index (χ1n) is 6.83. The number of para-hydroxylation sites is 1. The Balaban J connectivity index is 1.98.